The molecule has 0 bridgehead atoms. The van der Waals surface area contributed by atoms with Crippen LogP contribution >= 0.6 is 0 Å². The number of aromatic nitrogens is 1. The maximum absolute atomic E-state index is 2.55. The molecule has 19 rings (SSSR count). The minimum absolute atomic E-state index is 0.230. The molecule has 0 N–H and O–H groups in total. The van der Waals surface area contributed by atoms with Crippen LogP contribution in [0.2, 0.25) is 0 Å². The van der Waals surface area contributed by atoms with Crippen LogP contribution in [0.1, 0.15) is 50.4 Å². The second kappa shape index (κ2) is 17.9. The van der Waals surface area contributed by atoms with Gasteiger partial charge in [-0.25, -0.2) is 0 Å². The zero-order chi connectivity index (χ0) is 56.2. The van der Waals surface area contributed by atoms with Gasteiger partial charge in [-0.05, 0) is 160 Å². The lowest BCUT2D eigenvalue weighted by Gasteiger charge is -2.39. The van der Waals surface area contributed by atoms with Crippen molar-refractivity contribution >= 4 is 49.6 Å². The number of allylic oxidation sites excluding steroid dienone is 4. The van der Waals surface area contributed by atoms with Crippen molar-refractivity contribution < 1.29 is 0 Å². The predicted molar refractivity (Wildman–Crippen MR) is 356 cm³/mol. The van der Waals surface area contributed by atoms with Gasteiger partial charge < -0.3 is 9.47 Å². The molecule has 4 atom stereocenters. The van der Waals surface area contributed by atoms with Crippen LogP contribution in [0.15, 0.2) is 315 Å². The molecule has 2 heteroatoms. The van der Waals surface area contributed by atoms with Gasteiger partial charge in [0.05, 0.1) is 33.2 Å². The Labute approximate surface area is 500 Å². The van der Waals surface area contributed by atoms with E-state index in [4.69, 9.17) is 0 Å². The summed E-state index contributed by atoms with van der Waals surface area (Å²) in [6.45, 7) is 0. The first-order valence-electron chi connectivity index (χ1n) is 30.3. The summed E-state index contributed by atoms with van der Waals surface area (Å²) < 4.78 is 2.53. The van der Waals surface area contributed by atoms with E-state index in [0.717, 1.165) is 17.1 Å². The molecule has 0 fully saturated rings. The summed E-state index contributed by atoms with van der Waals surface area (Å²) in [5.41, 5.74) is 29.6. The molecule has 13 aromatic carbocycles. The summed E-state index contributed by atoms with van der Waals surface area (Å²) in [6, 6.07) is 110. The van der Waals surface area contributed by atoms with E-state index < -0.39 is 5.41 Å². The molecule has 2 spiro atoms. The SMILES string of the molecule is C1=CC2c3ccccc3C3(c4ccccc4-c4ccc(N(c5ccc6cc(-c7ccc8c(c7)C7(c9ccccc9-8)c8ccccc8-n8c9ccccc9c9cccc7c98)ccc6c5)c5ccccc5-c5ccc(-c6ccccc6)cc5)cc43)C2C=C1. The number of hydrogen-bond donors (Lipinski definition) is 0. The first-order chi connectivity index (χ1) is 42.7. The van der Waals surface area contributed by atoms with Gasteiger partial charge in [0, 0.05) is 39.5 Å². The Morgan fingerprint density at radius 3 is 1.78 bits per heavy atom. The number of fused-ring (bicyclic) bond motifs is 23. The van der Waals surface area contributed by atoms with Crippen LogP contribution in [0.5, 0.6) is 0 Å². The Morgan fingerprint density at radius 2 is 0.895 bits per heavy atom. The van der Waals surface area contributed by atoms with E-state index in [0.29, 0.717) is 0 Å². The predicted octanol–water partition coefficient (Wildman–Crippen LogP) is 21.2. The number of hydrogen-bond acceptors (Lipinski definition) is 1. The maximum Gasteiger partial charge on any atom is 0.0754 e. The highest BCUT2D eigenvalue weighted by molar-refractivity contribution is 6.13. The summed E-state index contributed by atoms with van der Waals surface area (Å²) >= 11 is 0. The molecule has 0 saturated carbocycles. The van der Waals surface area contributed by atoms with Crippen LogP contribution < -0.4 is 4.90 Å². The maximum atomic E-state index is 2.55. The lowest BCUT2D eigenvalue weighted by Crippen LogP contribution is -2.33. The van der Waals surface area contributed by atoms with Gasteiger partial charge in [-0.1, -0.05) is 261 Å². The molecule has 5 aliphatic rings. The van der Waals surface area contributed by atoms with E-state index in [-0.39, 0.29) is 17.3 Å². The number of anilines is 3. The fourth-order valence-corrected chi connectivity index (χ4v) is 16.8. The van der Waals surface area contributed by atoms with Gasteiger partial charge in [0.2, 0.25) is 0 Å². The average molecular weight is 1090 g/mol. The van der Waals surface area contributed by atoms with Crippen molar-refractivity contribution in [3.05, 3.63) is 360 Å². The highest BCUT2D eigenvalue weighted by Gasteiger charge is 2.57. The lowest BCUT2D eigenvalue weighted by molar-refractivity contribution is 0.465. The van der Waals surface area contributed by atoms with E-state index in [1.54, 1.807) is 0 Å². The van der Waals surface area contributed by atoms with E-state index in [1.165, 1.54) is 138 Å². The molecule has 86 heavy (non-hydrogen) atoms. The van der Waals surface area contributed by atoms with Crippen molar-refractivity contribution in [3.8, 4) is 61.3 Å². The summed E-state index contributed by atoms with van der Waals surface area (Å²) in [5, 5.41) is 4.96. The number of rotatable bonds is 6. The summed E-state index contributed by atoms with van der Waals surface area (Å²) in [4.78, 5) is 2.53. The first kappa shape index (κ1) is 47.7. The van der Waals surface area contributed by atoms with E-state index in [9.17, 15) is 0 Å². The number of nitrogens with zero attached hydrogens (tertiary/aromatic N) is 2. The zero-order valence-electron chi connectivity index (χ0n) is 47.1. The van der Waals surface area contributed by atoms with Gasteiger partial charge in [-0.3, -0.25) is 0 Å². The third-order valence-electron chi connectivity index (χ3n) is 20.3. The van der Waals surface area contributed by atoms with Gasteiger partial charge in [0.25, 0.3) is 0 Å². The van der Waals surface area contributed by atoms with Crippen molar-refractivity contribution in [2.75, 3.05) is 4.90 Å². The highest BCUT2D eigenvalue weighted by Crippen LogP contribution is 2.66. The Bertz CT molecular complexity index is 5270. The van der Waals surface area contributed by atoms with Crippen molar-refractivity contribution in [1.82, 2.24) is 4.57 Å². The van der Waals surface area contributed by atoms with Crippen LogP contribution in [-0.4, -0.2) is 4.57 Å². The highest BCUT2D eigenvalue weighted by atomic mass is 15.1. The van der Waals surface area contributed by atoms with Crippen LogP contribution in [-0.2, 0) is 10.8 Å². The average Bonchev–Trinajstić information content (AvgIpc) is 1.51. The molecule has 2 heterocycles. The van der Waals surface area contributed by atoms with Gasteiger partial charge in [0.15, 0.2) is 0 Å². The van der Waals surface area contributed by atoms with Crippen LogP contribution in [0.3, 0.4) is 0 Å². The van der Waals surface area contributed by atoms with Crippen molar-refractivity contribution in [1.29, 1.82) is 0 Å². The number of para-hydroxylation sites is 4. The monoisotopic (exact) mass is 1090 g/mol. The second-order valence-electron chi connectivity index (χ2n) is 24.2. The molecule has 2 nitrogen and oxygen atoms in total. The molecule has 0 saturated heterocycles. The van der Waals surface area contributed by atoms with Crippen LogP contribution in [0.25, 0.3) is 93.9 Å². The minimum Gasteiger partial charge on any atom is -0.310 e. The summed E-state index contributed by atoms with van der Waals surface area (Å²) in [5.74, 6) is 0.510. The lowest BCUT2D eigenvalue weighted by atomic mass is 9.65. The van der Waals surface area contributed by atoms with E-state index in [2.05, 4.69) is 325 Å². The third-order valence-corrected chi connectivity index (χ3v) is 20.3. The fraction of sp³-hybridized carbons (Fsp3) is 0.0476. The van der Waals surface area contributed by atoms with Crippen molar-refractivity contribution in [2.45, 2.75) is 16.7 Å². The molecule has 14 aromatic rings. The Balaban J connectivity index is 0.779. The second-order valence-corrected chi connectivity index (χ2v) is 24.2. The Kier molecular flexibility index (Phi) is 9.90. The third kappa shape index (κ3) is 6.30. The van der Waals surface area contributed by atoms with Crippen molar-refractivity contribution in [2.24, 2.45) is 5.92 Å². The number of benzene rings is 13. The van der Waals surface area contributed by atoms with Gasteiger partial charge >= 0.3 is 0 Å². The molecule has 4 aliphatic carbocycles. The van der Waals surface area contributed by atoms with Crippen LogP contribution in [0.4, 0.5) is 17.1 Å². The van der Waals surface area contributed by atoms with Gasteiger partial charge in [-0.2, -0.15) is 0 Å². The largest absolute Gasteiger partial charge is 0.310 e. The molecule has 1 aromatic heterocycles. The minimum atomic E-state index is -0.523. The van der Waals surface area contributed by atoms with E-state index >= 15 is 0 Å². The molecule has 0 radical (unpaired) electrons. The molecule has 1 aliphatic heterocycles. The molecule has 400 valence electrons. The quantitative estimate of drug-likeness (QED) is 0.161. The molecular formula is C84H54N2. The van der Waals surface area contributed by atoms with Gasteiger partial charge in [-0.15, -0.1) is 0 Å². The van der Waals surface area contributed by atoms with Gasteiger partial charge in [0.1, 0.15) is 0 Å². The molecule has 4 unspecified atom stereocenters. The zero-order valence-corrected chi connectivity index (χ0v) is 47.1. The fourth-order valence-electron chi connectivity index (χ4n) is 16.8. The normalized spacial score (nSPS) is 18.5. The smallest absolute Gasteiger partial charge is 0.0754 e. The Morgan fingerprint density at radius 1 is 0.326 bits per heavy atom. The topological polar surface area (TPSA) is 8.17 Å². The summed E-state index contributed by atoms with van der Waals surface area (Å²) in [6.07, 6.45) is 9.45. The standard InChI is InChI=1S/C84H54N2/c1-2-19-53(20-3-1)54-37-39-55(40-38-54)62-21-8-15-34-79(62)85(61-46-48-68-66-25-6-12-30-73(66)83(78(68)52-61)71-28-10-4-22-63(71)64-23-5-11-29-72(64)83)60-45-43-57-49-56(41-42-58(57)50-60)59-44-47-67-65-24-7-13-31-74(65)84(77(67)51-59)75-32-14-17-36-81(75)86-80-35-16-9-26-69(80)70-27-18-33-76(84)82(70)86/h1-52,63,71H. The Hall–Kier alpha value is -10.8. The van der Waals surface area contributed by atoms with Crippen molar-refractivity contribution in [3.63, 3.8) is 0 Å². The van der Waals surface area contributed by atoms with Crippen LogP contribution in [0, 0.1) is 5.92 Å². The molecular weight excluding hydrogens is 1040 g/mol. The molecule has 0 amide bonds. The van der Waals surface area contributed by atoms with E-state index in [1.807, 2.05) is 0 Å². The summed E-state index contributed by atoms with van der Waals surface area (Å²) in [7, 11) is 0. The first-order valence-corrected chi connectivity index (χ1v) is 30.3.